The Balaban J connectivity index is 1.41. The molecule has 1 amide bonds. The van der Waals surface area contributed by atoms with Crippen molar-refractivity contribution in [2.45, 2.75) is 20.1 Å². The molecule has 2 heterocycles. The van der Waals surface area contributed by atoms with Crippen LogP contribution in [0.2, 0.25) is 0 Å². The molecule has 0 radical (unpaired) electrons. The Hall–Kier alpha value is -2.83. The summed E-state index contributed by atoms with van der Waals surface area (Å²) in [4.78, 5) is 14.9. The van der Waals surface area contributed by atoms with Crippen LogP contribution in [0.15, 0.2) is 76.2 Å². The van der Waals surface area contributed by atoms with E-state index in [9.17, 15) is 4.79 Å². The molecule has 0 unspecified atom stereocenters. The van der Waals surface area contributed by atoms with Gasteiger partial charge in [-0.15, -0.1) is 0 Å². The Morgan fingerprint density at radius 1 is 1.10 bits per heavy atom. The number of nitrogens with zero attached hydrogens (tertiary/aromatic N) is 1. The second-order valence-corrected chi connectivity index (χ2v) is 8.31. The lowest BCUT2D eigenvalue weighted by molar-refractivity contribution is -0.122. The van der Waals surface area contributed by atoms with Crippen LogP contribution in [0.4, 0.5) is 0 Å². The molecule has 146 valence electrons. The molecular weight excluding hydrogens is 402 g/mol. The zero-order chi connectivity index (χ0) is 20.2. The van der Waals surface area contributed by atoms with E-state index in [1.165, 1.54) is 17.3 Å². The fourth-order valence-electron chi connectivity index (χ4n) is 2.94. The molecule has 0 atom stereocenters. The summed E-state index contributed by atoms with van der Waals surface area (Å²) in [5.74, 6) is 1.39. The van der Waals surface area contributed by atoms with E-state index in [4.69, 9.17) is 21.4 Å². The quantitative estimate of drug-likeness (QED) is 0.385. The zero-order valence-corrected chi connectivity index (χ0v) is 17.5. The fraction of sp³-hybridized carbons (Fsp3) is 0.130. The molecule has 1 saturated heterocycles. The van der Waals surface area contributed by atoms with E-state index < -0.39 is 0 Å². The van der Waals surface area contributed by atoms with Crippen LogP contribution in [0.25, 0.3) is 6.08 Å². The first kappa shape index (κ1) is 19.5. The molecule has 0 spiro atoms. The number of thiocarbonyl (C=S) groups is 1. The topological polar surface area (TPSA) is 42.7 Å². The Morgan fingerprint density at radius 2 is 1.90 bits per heavy atom. The van der Waals surface area contributed by atoms with Gasteiger partial charge < -0.3 is 9.15 Å². The molecule has 0 saturated carbocycles. The van der Waals surface area contributed by atoms with Gasteiger partial charge in [0.2, 0.25) is 0 Å². The van der Waals surface area contributed by atoms with Crippen molar-refractivity contribution in [1.82, 2.24) is 4.90 Å². The summed E-state index contributed by atoms with van der Waals surface area (Å²) < 4.78 is 11.7. The number of aryl methyl sites for hydroxylation is 1. The molecule has 0 N–H and O–H groups in total. The van der Waals surface area contributed by atoms with E-state index in [1.807, 2.05) is 48.5 Å². The van der Waals surface area contributed by atoms with Gasteiger partial charge in [-0.2, -0.15) is 0 Å². The van der Waals surface area contributed by atoms with Crippen LogP contribution in [-0.4, -0.2) is 15.1 Å². The Bertz CT molecular complexity index is 1060. The lowest BCUT2D eigenvalue weighted by atomic mass is 10.1. The molecular formula is C23H19NO3S2. The normalized spacial score (nSPS) is 15.3. The predicted octanol–water partition coefficient (Wildman–Crippen LogP) is 5.57. The standard InChI is InChI=1S/C23H19NO3S2/c1-16-5-2-3-6-18(16)15-27-19-10-8-17(9-11-19)13-21-22(25)24(23(28)29-21)14-20-7-4-12-26-20/h2-13H,14-15H2,1H3. The van der Waals surface area contributed by atoms with Crippen LogP contribution in [-0.2, 0) is 17.9 Å². The molecule has 1 aromatic heterocycles. The van der Waals surface area contributed by atoms with E-state index in [-0.39, 0.29) is 5.91 Å². The number of hydrogen-bond acceptors (Lipinski definition) is 5. The fourth-order valence-corrected chi connectivity index (χ4v) is 4.19. The molecule has 2 aromatic carbocycles. The van der Waals surface area contributed by atoms with Gasteiger partial charge in [0.25, 0.3) is 5.91 Å². The molecule has 0 aliphatic carbocycles. The van der Waals surface area contributed by atoms with Gasteiger partial charge in [-0.3, -0.25) is 9.69 Å². The zero-order valence-electron chi connectivity index (χ0n) is 15.8. The van der Waals surface area contributed by atoms with Crippen molar-refractivity contribution in [1.29, 1.82) is 0 Å². The largest absolute Gasteiger partial charge is 0.489 e. The number of ether oxygens (including phenoxy) is 1. The number of rotatable bonds is 6. The van der Waals surface area contributed by atoms with Crippen LogP contribution in [0.3, 0.4) is 0 Å². The highest BCUT2D eigenvalue weighted by molar-refractivity contribution is 8.26. The third-order valence-corrected chi connectivity index (χ3v) is 5.98. The second-order valence-electron chi connectivity index (χ2n) is 6.63. The molecule has 1 aliphatic heterocycles. The van der Waals surface area contributed by atoms with Crippen LogP contribution < -0.4 is 4.74 Å². The average molecular weight is 422 g/mol. The summed E-state index contributed by atoms with van der Waals surface area (Å²) in [7, 11) is 0. The van der Waals surface area contributed by atoms with Crippen LogP contribution in [0.5, 0.6) is 5.75 Å². The van der Waals surface area contributed by atoms with Gasteiger partial charge in [0, 0.05) is 0 Å². The minimum absolute atomic E-state index is 0.101. The van der Waals surface area contributed by atoms with Gasteiger partial charge in [0.05, 0.1) is 17.7 Å². The maximum absolute atomic E-state index is 12.7. The van der Waals surface area contributed by atoms with Crippen molar-refractivity contribution in [2.75, 3.05) is 0 Å². The number of furan rings is 1. The van der Waals surface area contributed by atoms with Crippen molar-refractivity contribution in [3.63, 3.8) is 0 Å². The Morgan fingerprint density at radius 3 is 2.62 bits per heavy atom. The number of benzene rings is 2. The molecule has 1 fully saturated rings. The summed E-state index contributed by atoms with van der Waals surface area (Å²) in [6.45, 7) is 2.95. The first-order valence-electron chi connectivity index (χ1n) is 9.15. The minimum Gasteiger partial charge on any atom is -0.489 e. The monoisotopic (exact) mass is 421 g/mol. The van der Waals surface area contributed by atoms with Crippen molar-refractivity contribution < 1.29 is 13.9 Å². The molecule has 3 aromatic rings. The number of hydrogen-bond donors (Lipinski definition) is 0. The molecule has 6 heteroatoms. The third kappa shape index (κ3) is 4.60. The second kappa shape index (κ2) is 8.68. The lowest BCUT2D eigenvalue weighted by Crippen LogP contribution is -2.27. The van der Waals surface area contributed by atoms with Crippen LogP contribution >= 0.6 is 24.0 Å². The highest BCUT2D eigenvalue weighted by Gasteiger charge is 2.32. The molecule has 1 aliphatic rings. The summed E-state index contributed by atoms with van der Waals surface area (Å²) >= 11 is 6.67. The van der Waals surface area contributed by atoms with Crippen molar-refractivity contribution in [3.8, 4) is 5.75 Å². The van der Waals surface area contributed by atoms with Crippen molar-refractivity contribution in [3.05, 3.63) is 94.3 Å². The van der Waals surface area contributed by atoms with E-state index in [0.717, 1.165) is 16.9 Å². The average Bonchev–Trinajstić information content (AvgIpc) is 3.33. The van der Waals surface area contributed by atoms with Gasteiger partial charge in [-0.1, -0.05) is 60.4 Å². The molecule has 0 bridgehead atoms. The van der Waals surface area contributed by atoms with Gasteiger partial charge in [-0.25, -0.2) is 0 Å². The predicted molar refractivity (Wildman–Crippen MR) is 119 cm³/mol. The van der Waals surface area contributed by atoms with E-state index in [0.29, 0.717) is 28.1 Å². The maximum Gasteiger partial charge on any atom is 0.266 e. The highest BCUT2D eigenvalue weighted by Crippen LogP contribution is 2.33. The van der Waals surface area contributed by atoms with Crippen LogP contribution in [0.1, 0.15) is 22.5 Å². The summed E-state index contributed by atoms with van der Waals surface area (Å²) in [6.07, 6.45) is 3.44. The Kier molecular flexibility index (Phi) is 5.83. The lowest BCUT2D eigenvalue weighted by Gasteiger charge is -2.12. The summed E-state index contributed by atoms with van der Waals surface area (Å²) in [5.41, 5.74) is 3.30. The Labute approximate surface area is 179 Å². The molecule has 4 nitrogen and oxygen atoms in total. The molecule has 4 rings (SSSR count). The first-order valence-corrected chi connectivity index (χ1v) is 10.4. The van der Waals surface area contributed by atoms with Crippen molar-refractivity contribution in [2.24, 2.45) is 0 Å². The van der Waals surface area contributed by atoms with E-state index >= 15 is 0 Å². The third-order valence-electron chi connectivity index (χ3n) is 4.60. The van der Waals surface area contributed by atoms with E-state index in [2.05, 4.69) is 19.1 Å². The number of thioether (sulfide) groups is 1. The summed E-state index contributed by atoms with van der Waals surface area (Å²) in [6, 6.07) is 19.5. The van der Waals surface area contributed by atoms with E-state index in [1.54, 1.807) is 17.2 Å². The van der Waals surface area contributed by atoms with Crippen molar-refractivity contribution >= 4 is 40.3 Å². The van der Waals surface area contributed by atoms with Crippen LogP contribution in [0, 0.1) is 6.92 Å². The number of amides is 1. The summed E-state index contributed by atoms with van der Waals surface area (Å²) in [5, 5.41) is 0. The van der Waals surface area contributed by atoms with Gasteiger partial charge in [-0.05, 0) is 54.0 Å². The van der Waals surface area contributed by atoms with Gasteiger partial charge in [0.15, 0.2) is 0 Å². The highest BCUT2D eigenvalue weighted by atomic mass is 32.2. The number of carbonyl (C=O) groups excluding carboxylic acids is 1. The SMILES string of the molecule is Cc1ccccc1COc1ccc(C=C2SC(=S)N(Cc3ccco3)C2=O)cc1. The number of carbonyl (C=O) groups is 1. The van der Waals surface area contributed by atoms with Gasteiger partial charge >= 0.3 is 0 Å². The molecule has 29 heavy (non-hydrogen) atoms. The van der Waals surface area contributed by atoms with Gasteiger partial charge in [0.1, 0.15) is 22.4 Å². The maximum atomic E-state index is 12.7. The first-order chi connectivity index (χ1) is 14.1. The smallest absolute Gasteiger partial charge is 0.266 e. The minimum atomic E-state index is -0.101.